The highest BCUT2D eigenvalue weighted by atomic mass is 35.5. The molecular weight excluding hydrogens is 227 g/mol. The van der Waals surface area contributed by atoms with E-state index < -0.39 is 0 Å². The topological polar surface area (TPSA) is 38.0 Å². The minimum atomic E-state index is -0.336. The molecule has 0 saturated carbocycles. The predicted octanol–water partition coefficient (Wildman–Crippen LogP) is 2.64. The standard InChI is InChI=1S/C12H16ClFN2/c1-8(2)7-16-11(6-15)12-9(13)4-3-5-10(12)14/h3-5,11,16H,1,6-7,15H2,2H3. The Bertz CT molecular complexity index is 359. The van der Waals surface area contributed by atoms with E-state index in [0.717, 1.165) is 5.57 Å². The van der Waals surface area contributed by atoms with Gasteiger partial charge in [0.05, 0.1) is 0 Å². The summed E-state index contributed by atoms with van der Waals surface area (Å²) in [5.41, 5.74) is 7.00. The van der Waals surface area contributed by atoms with Gasteiger partial charge in [-0.3, -0.25) is 0 Å². The number of rotatable bonds is 5. The second-order valence-corrected chi connectivity index (χ2v) is 4.17. The third-order valence-electron chi connectivity index (χ3n) is 2.23. The van der Waals surface area contributed by atoms with Gasteiger partial charge >= 0.3 is 0 Å². The Morgan fingerprint density at radius 2 is 2.31 bits per heavy atom. The molecule has 0 aliphatic carbocycles. The molecule has 0 fully saturated rings. The van der Waals surface area contributed by atoms with Crippen molar-refractivity contribution in [1.29, 1.82) is 0 Å². The van der Waals surface area contributed by atoms with Crippen LogP contribution in [-0.4, -0.2) is 13.1 Å². The number of nitrogens with two attached hydrogens (primary N) is 1. The first kappa shape index (κ1) is 13.2. The van der Waals surface area contributed by atoms with Crippen molar-refractivity contribution in [2.75, 3.05) is 13.1 Å². The van der Waals surface area contributed by atoms with E-state index in [1.165, 1.54) is 6.07 Å². The molecule has 1 atom stereocenters. The molecule has 0 spiro atoms. The van der Waals surface area contributed by atoms with Crippen LogP contribution >= 0.6 is 11.6 Å². The fourth-order valence-corrected chi connectivity index (χ4v) is 1.74. The second-order valence-electron chi connectivity index (χ2n) is 3.76. The molecule has 0 bridgehead atoms. The molecule has 0 heterocycles. The van der Waals surface area contributed by atoms with Gasteiger partial charge in [-0.25, -0.2) is 4.39 Å². The number of benzene rings is 1. The summed E-state index contributed by atoms with van der Waals surface area (Å²) < 4.78 is 13.6. The van der Waals surface area contributed by atoms with E-state index in [0.29, 0.717) is 17.1 Å². The third kappa shape index (κ3) is 3.30. The van der Waals surface area contributed by atoms with Crippen LogP contribution in [0, 0.1) is 5.82 Å². The molecule has 1 aromatic carbocycles. The lowest BCUT2D eigenvalue weighted by Crippen LogP contribution is -2.30. The lowest BCUT2D eigenvalue weighted by atomic mass is 10.1. The van der Waals surface area contributed by atoms with E-state index in [-0.39, 0.29) is 18.4 Å². The SMILES string of the molecule is C=C(C)CNC(CN)c1c(F)cccc1Cl. The van der Waals surface area contributed by atoms with Gasteiger partial charge in [-0.15, -0.1) is 0 Å². The Balaban J connectivity index is 2.90. The van der Waals surface area contributed by atoms with Crippen LogP contribution < -0.4 is 11.1 Å². The fourth-order valence-electron chi connectivity index (χ4n) is 1.44. The summed E-state index contributed by atoms with van der Waals surface area (Å²) in [6, 6.07) is 4.33. The Hall–Kier alpha value is -0.900. The van der Waals surface area contributed by atoms with Crippen LogP contribution in [0.25, 0.3) is 0 Å². The zero-order valence-corrected chi connectivity index (χ0v) is 10.0. The quantitative estimate of drug-likeness (QED) is 0.779. The van der Waals surface area contributed by atoms with Crippen molar-refractivity contribution in [3.63, 3.8) is 0 Å². The number of nitrogens with one attached hydrogen (secondary N) is 1. The van der Waals surface area contributed by atoms with Crippen molar-refractivity contribution in [2.24, 2.45) is 5.73 Å². The largest absolute Gasteiger partial charge is 0.329 e. The summed E-state index contributed by atoms with van der Waals surface area (Å²) in [5.74, 6) is -0.336. The van der Waals surface area contributed by atoms with Gasteiger partial charge in [-0.2, -0.15) is 0 Å². The molecule has 0 saturated heterocycles. The first-order valence-corrected chi connectivity index (χ1v) is 5.45. The van der Waals surface area contributed by atoms with E-state index in [2.05, 4.69) is 11.9 Å². The van der Waals surface area contributed by atoms with Gasteiger partial charge in [0.15, 0.2) is 0 Å². The molecule has 0 radical (unpaired) electrons. The van der Waals surface area contributed by atoms with Gasteiger partial charge in [0.2, 0.25) is 0 Å². The molecule has 1 aromatic rings. The molecule has 2 nitrogen and oxygen atoms in total. The molecule has 0 aliphatic rings. The molecule has 4 heteroatoms. The van der Waals surface area contributed by atoms with E-state index in [9.17, 15) is 4.39 Å². The maximum atomic E-state index is 13.6. The van der Waals surface area contributed by atoms with Gasteiger partial charge in [-0.05, 0) is 19.1 Å². The fraction of sp³-hybridized carbons (Fsp3) is 0.333. The Kier molecular flexibility index (Phi) is 4.93. The summed E-state index contributed by atoms with van der Waals surface area (Å²) in [5, 5.41) is 3.51. The molecule has 0 amide bonds. The second kappa shape index (κ2) is 5.99. The molecule has 1 unspecified atom stereocenters. The Morgan fingerprint density at radius 1 is 1.62 bits per heavy atom. The molecule has 1 rings (SSSR count). The predicted molar refractivity (Wildman–Crippen MR) is 66.0 cm³/mol. The normalized spacial score (nSPS) is 12.5. The van der Waals surface area contributed by atoms with Crippen molar-refractivity contribution in [2.45, 2.75) is 13.0 Å². The Labute approximate surface area is 100 Å². The molecule has 0 aromatic heterocycles. The first-order valence-electron chi connectivity index (χ1n) is 5.08. The van der Waals surface area contributed by atoms with Gasteiger partial charge in [-0.1, -0.05) is 29.8 Å². The summed E-state index contributed by atoms with van der Waals surface area (Å²) in [6.45, 7) is 6.54. The summed E-state index contributed by atoms with van der Waals surface area (Å²) in [7, 11) is 0. The van der Waals surface area contributed by atoms with E-state index in [4.69, 9.17) is 17.3 Å². The van der Waals surface area contributed by atoms with Crippen molar-refractivity contribution < 1.29 is 4.39 Å². The minimum absolute atomic E-state index is 0.286. The molecule has 16 heavy (non-hydrogen) atoms. The molecule has 88 valence electrons. The number of hydrogen-bond donors (Lipinski definition) is 2. The first-order chi connectivity index (χ1) is 7.56. The highest BCUT2D eigenvalue weighted by Crippen LogP contribution is 2.25. The average molecular weight is 243 g/mol. The number of hydrogen-bond acceptors (Lipinski definition) is 2. The Morgan fingerprint density at radius 3 is 2.81 bits per heavy atom. The van der Waals surface area contributed by atoms with E-state index in [1.54, 1.807) is 12.1 Å². The summed E-state index contributed by atoms with van der Waals surface area (Å²) >= 11 is 5.96. The lowest BCUT2D eigenvalue weighted by Gasteiger charge is -2.19. The third-order valence-corrected chi connectivity index (χ3v) is 2.56. The molecule has 0 aliphatic heterocycles. The van der Waals surface area contributed by atoms with Crippen LogP contribution in [-0.2, 0) is 0 Å². The zero-order chi connectivity index (χ0) is 12.1. The van der Waals surface area contributed by atoms with E-state index in [1.807, 2.05) is 6.92 Å². The van der Waals surface area contributed by atoms with Crippen molar-refractivity contribution >= 4 is 11.6 Å². The maximum Gasteiger partial charge on any atom is 0.129 e. The lowest BCUT2D eigenvalue weighted by molar-refractivity contribution is 0.523. The highest BCUT2D eigenvalue weighted by Gasteiger charge is 2.16. The number of halogens is 2. The maximum absolute atomic E-state index is 13.6. The van der Waals surface area contributed by atoms with Gasteiger partial charge in [0.25, 0.3) is 0 Å². The van der Waals surface area contributed by atoms with Crippen molar-refractivity contribution in [1.82, 2.24) is 5.32 Å². The van der Waals surface area contributed by atoms with Crippen LogP contribution in [0.5, 0.6) is 0 Å². The van der Waals surface area contributed by atoms with Crippen LogP contribution in [0.1, 0.15) is 18.5 Å². The molecular formula is C12H16ClFN2. The van der Waals surface area contributed by atoms with Crippen LogP contribution in [0.3, 0.4) is 0 Å². The monoisotopic (exact) mass is 242 g/mol. The summed E-state index contributed by atoms with van der Waals surface area (Å²) in [6.07, 6.45) is 0. The van der Waals surface area contributed by atoms with Crippen LogP contribution in [0.2, 0.25) is 5.02 Å². The van der Waals surface area contributed by atoms with Crippen LogP contribution in [0.15, 0.2) is 30.4 Å². The zero-order valence-electron chi connectivity index (χ0n) is 9.26. The smallest absolute Gasteiger partial charge is 0.129 e. The van der Waals surface area contributed by atoms with Crippen molar-refractivity contribution in [3.8, 4) is 0 Å². The van der Waals surface area contributed by atoms with Gasteiger partial charge in [0.1, 0.15) is 5.82 Å². The van der Waals surface area contributed by atoms with Gasteiger partial charge < -0.3 is 11.1 Å². The van der Waals surface area contributed by atoms with Crippen molar-refractivity contribution in [3.05, 3.63) is 46.8 Å². The summed E-state index contributed by atoms with van der Waals surface area (Å²) in [4.78, 5) is 0. The minimum Gasteiger partial charge on any atom is -0.329 e. The molecule has 3 N–H and O–H groups in total. The van der Waals surface area contributed by atoms with Crippen LogP contribution in [0.4, 0.5) is 4.39 Å². The van der Waals surface area contributed by atoms with E-state index >= 15 is 0 Å². The average Bonchev–Trinajstić information content (AvgIpc) is 2.22. The van der Waals surface area contributed by atoms with Gasteiger partial charge in [0, 0.05) is 29.7 Å². The highest BCUT2D eigenvalue weighted by molar-refractivity contribution is 6.31.